The third-order valence-corrected chi connectivity index (χ3v) is 9.54. The molecule has 0 spiro atoms. The maximum Gasteiger partial charge on any atom is 0.264 e. The molecule has 2 amide bonds. The molecule has 1 unspecified atom stereocenters. The lowest BCUT2D eigenvalue weighted by molar-refractivity contribution is -0.140. The summed E-state index contributed by atoms with van der Waals surface area (Å²) < 4.78 is 28.9. The van der Waals surface area contributed by atoms with Crippen LogP contribution < -0.4 is 9.62 Å². The fourth-order valence-corrected chi connectivity index (χ4v) is 6.12. The highest BCUT2D eigenvalue weighted by molar-refractivity contribution is 7.92. The lowest BCUT2D eigenvalue weighted by atomic mass is 10.1. The highest BCUT2D eigenvalue weighted by Gasteiger charge is 2.33. The van der Waals surface area contributed by atoms with Gasteiger partial charge in [-0.2, -0.15) is 0 Å². The Morgan fingerprint density at radius 2 is 1.56 bits per heavy atom. The van der Waals surface area contributed by atoms with Crippen LogP contribution in [0.25, 0.3) is 0 Å². The highest BCUT2D eigenvalue weighted by atomic mass is 35.5. The maximum absolute atomic E-state index is 14.1. The molecule has 0 aliphatic carbocycles. The minimum atomic E-state index is -4.19. The van der Waals surface area contributed by atoms with Crippen molar-refractivity contribution in [1.82, 2.24) is 10.2 Å². The van der Waals surface area contributed by atoms with Crippen LogP contribution >= 0.6 is 34.8 Å². The SMILES string of the molecule is CCCNC(=O)C(CC)N(Cc1ccc(Cl)c(Cl)c1)C(=O)CN(c1ccc(C)c(Cl)c1)S(=O)(=O)c1ccc(C)cc1. The van der Waals surface area contributed by atoms with E-state index < -0.39 is 28.5 Å². The smallest absolute Gasteiger partial charge is 0.264 e. The van der Waals surface area contributed by atoms with Gasteiger partial charge in [-0.3, -0.25) is 13.9 Å². The average Bonchev–Trinajstić information content (AvgIpc) is 2.94. The van der Waals surface area contributed by atoms with Gasteiger partial charge in [0, 0.05) is 18.1 Å². The van der Waals surface area contributed by atoms with E-state index in [-0.39, 0.29) is 23.0 Å². The minimum Gasteiger partial charge on any atom is -0.354 e. The summed E-state index contributed by atoms with van der Waals surface area (Å²) in [6, 6.07) is 15.3. The fraction of sp³-hybridized carbons (Fsp3) is 0.333. The predicted molar refractivity (Wildman–Crippen MR) is 166 cm³/mol. The van der Waals surface area contributed by atoms with E-state index in [1.54, 1.807) is 56.3 Å². The molecule has 0 saturated heterocycles. The summed E-state index contributed by atoms with van der Waals surface area (Å²) in [4.78, 5) is 28.7. The van der Waals surface area contributed by atoms with E-state index in [9.17, 15) is 18.0 Å². The standard InChI is InChI=1S/C30H34Cl3N3O4S/c1-5-15-34-30(38)28(6-2)35(18-22-10-14-25(31)27(33)16-22)29(37)19-36(23-11-9-21(4)26(32)17-23)41(39,40)24-12-7-20(3)8-13-24/h7-14,16-17,28H,5-6,15,18-19H2,1-4H3,(H,34,38). The number of anilines is 1. The van der Waals surface area contributed by atoms with E-state index >= 15 is 0 Å². The molecule has 41 heavy (non-hydrogen) atoms. The van der Waals surface area contributed by atoms with Gasteiger partial charge in [0.05, 0.1) is 20.6 Å². The Labute approximate surface area is 257 Å². The molecule has 0 saturated carbocycles. The minimum absolute atomic E-state index is 0.0147. The molecular formula is C30H34Cl3N3O4S. The molecule has 1 N–H and O–H groups in total. The van der Waals surface area contributed by atoms with Gasteiger partial charge < -0.3 is 10.2 Å². The number of carbonyl (C=O) groups excluding carboxylic acids is 2. The van der Waals surface area contributed by atoms with Crippen LogP contribution in [-0.2, 0) is 26.2 Å². The van der Waals surface area contributed by atoms with Crippen LogP contribution in [0.5, 0.6) is 0 Å². The maximum atomic E-state index is 14.1. The highest BCUT2D eigenvalue weighted by Crippen LogP contribution is 2.29. The van der Waals surface area contributed by atoms with Crippen molar-refractivity contribution >= 4 is 62.3 Å². The molecule has 1 atom stereocenters. The fourth-order valence-electron chi connectivity index (χ4n) is 4.22. The molecule has 220 valence electrons. The van der Waals surface area contributed by atoms with Crippen molar-refractivity contribution in [2.45, 2.75) is 58.0 Å². The van der Waals surface area contributed by atoms with Gasteiger partial charge in [0.1, 0.15) is 12.6 Å². The Balaban J connectivity index is 2.09. The van der Waals surface area contributed by atoms with Crippen LogP contribution in [0, 0.1) is 13.8 Å². The molecule has 3 rings (SSSR count). The second-order valence-electron chi connectivity index (χ2n) is 9.74. The van der Waals surface area contributed by atoms with E-state index in [0.29, 0.717) is 33.6 Å². The van der Waals surface area contributed by atoms with Crippen LogP contribution in [0.2, 0.25) is 15.1 Å². The summed E-state index contributed by atoms with van der Waals surface area (Å²) in [6.07, 6.45) is 1.03. The van der Waals surface area contributed by atoms with Crippen molar-refractivity contribution in [3.8, 4) is 0 Å². The first-order chi connectivity index (χ1) is 19.4. The largest absolute Gasteiger partial charge is 0.354 e. The summed E-state index contributed by atoms with van der Waals surface area (Å²) in [6.45, 7) is 7.28. The Kier molecular flexibility index (Phi) is 11.5. The van der Waals surface area contributed by atoms with Crippen molar-refractivity contribution in [3.05, 3.63) is 92.4 Å². The molecular weight excluding hydrogens is 605 g/mol. The number of rotatable bonds is 12. The van der Waals surface area contributed by atoms with Crippen LogP contribution in [0.1, 0.15) is 43.4 Å². The summed E-state index contributed by atoms with van der Waals surface area (Å²) in [5, 5.41) is 3.87. The lowest BCUT2D eigenvalue weighted by Crippen LogP contribution is -2.52. The van der Waals surface area contributed by atoms with Gasteiger partial charge in [0.2, 0.25) is 11.8 Å². The molecule has 0 aromatic heterocycles. The first kappa shape index (κ1) is 32.7. The van der Waals surface area contributed by atoms with Gasteiger partial charge in [-0.25, -0.2) is 8.42 Å². The zero-order valence-electron chi connectivity index (χ0n) is 23.5. The zero-order valence-corrected chi connectivity index (χ0v) is 26.5. The molecule has 0 aliphatic rings. The number of amides is 2. The van der Waals surface area contributed by atoms with Crippen LogP contribution in [0.15, 0.2) is 65.6 Å². The zero-order chi connectivity index (χ0) is 30.3. The van der Waals surface area contributed by atoms with Gasteiger partial charge >= 0.3 is 0 Å². The number of sulfonamides is 1. The van der Waals surface area contributed by atoms with Gasteiger partial charge in [0.25, 0.3) is 10.0 Å². The topological polar surface area (TPSA) is 86.8 Å². The van der Waals surface area contributed by atoms with E-state index in [0.717, 1.165) is 21.9 Å². The summed E-state index contributed by atoms with van der Waals surface area (Å²) in [7, 11) is -4.19. The van der Waals surface area contributed by atoms with E-state index in [1.807, 2.05) is 13.8 Å². The first-order valence-corrected chi connectivity index (χ1v) is 15.8. The monoisotopic (exact) mass is 637 g/mol. The summed E-state index contributed by atoms with van der Waals surface area (Å²) in [5.74, 6) is -0.893. The van der Waals surface area contributed by atoms with Gasteiger partial charge in [-0.05, 0) is 74.2 Å². The second-order valence-corrected chi connectivity index (χ2v) is 12.8. The molecule has 7 nitrogen and oxygen atoms in total. The number of benzene rings is 3. The molecule has 3 aromatic carbocycles. The van der Waals surface area contributed by atoms with Crippen molar-refractivity contribution in [2.24, 2.45) is 0 Å². The van der Waals surface area contributed by atoms with Gasteiger partial charge in [-0.1, -0.05) is 78.5 Å². The average molecular weight is 639 g/mol. The van der Waals surface area contributed by atoms with Gasteiger partial charge in [-0.15, -0.1) is 0 Å². The third kappa shape index (κ3) is 8.16. The van der Waals surface area contributed by atoms with E-state index in [4.69, 9.17) is 34.8 Å². The Hall–Kier alpha value is -2.78. The molecule has 0 fully saturated rings. The Morgan fingerprint density at radius 3 is 2.15 bits per heavy atom. The molecule has 0 aliphatic heterocycles. The summed E-state index contributed by atoms with van der Waals surface area (Å²) in [5.41, 5.74) is 2.52. The van der Waals surface area contributed by atoms with Gasteiger partial charge in [0.15, 0.2) is 0 Å². The molecule has 0 bridgehead atoms. The van der Waals surface area contributed by atoms with Crippen molar-refractivity contribution in [1.29, 1.82) is 0 Å². The number of hydrogen-bond acceptors (Lipinski definition) is 4. The number of aryl methyl sites for hydroxylation is 2. The van der Waals surface area contributed by atoms with Crippen LogP contribution in [0.3, 0.4) is 0 Å². The quantitative estimate of drug-likeness (QED) is 0.237. The van der Waals surface area contributed by atoms with Crippen LogP contribution in [-0.4, -0.2) is 44.3 Å². The predicted octanol–water partition coefficient (Wildman–Crippen LogP) is 6.79. The Bertz CT molecular complexity index is 1500. The number of halogens is 3. The van der Waals surface area contributed by atoms with E-state index in [2.05, 4.69) is 5.32 Å². The molecule has 0 heterocycles. The number of carbonyl (C=O) groups is 2. The Morgan fingerprint density at radius 1 is 0.878 bits per heavy atom. The number of nitrogens with zero attached hydrogens (tertiary/aromatic N) is 2. The third-order valence-electron chi connectivity index (χ3n) is 6.60. The van der Waals surface area contributed by atoms with Crippen molar-refractivity contribution < 1.29 is 18.0 Å². The normalized spacial score (nSPS) is 12.1. The summed E-state index contributed by atoms with van der Waals surface area (Å²) >= 11 is 18.7. The molecule has 11 heteroatoms. The molecule has 3 aromatic rings. The van der Waals surface area contributed by atoms with Crippen LogP contribution in [0.4, 0.5) is 5.69 Å². The van der Waals surface area contributed by atoms with E-state index in [1.165, 1.54) is 23.1 Å². The number of nitrogens with one attached hydrogen (secondary N) is 1. The lowest BCUT2D eigenvalue weighted by Gasteiger charge is -2.33. The van der Waals surface area contributed by atoms with Crippen molar-refractivity contribution in [3.63, 3.8) is 0 Å². The number of hydrogen-bond donors (Lipinski definition) is 1. The molecule has 0 radical (unpaired) electrons. The van der Waals surface area contributed by atoms with Crippen molar-refractivity contribution in [2.75, 3.05) is 17.4 Å². The second kappa shape index (κ2) is 14.4. The first-order valence-electron chi connectivity index (χ1n) is 13.3.